The van der Waals surface area contributed by atoms with Crippen molar-refractivity contribution in [2.45, 2.75) is 57.9 Å². The molecule has 208 valence electrons. The van der Waals surface area contributed by atoms with Crippen molar-refractivity contribution in [1.82, 2.24) is 15.2 Å². The summed E-state index contributed by atoms with van der Waals surface area (Å²) >= 11 is 0. The molecule has 0 saturated heterocycles. The van der Waals surface area contributed by atoms with E-state index in [0.717, 1.165) is 82.1 Å². The van der Waals surface area contributed by atoms with E-state index >= 15 is 0 Å². The molecule has 0 radical (unpaired) electrons. The van der Waals surface area contributed by atoms with Crippen LogP contribution in [0.1, 0.15) is 59.3 Å². The first-order valence-corrected chi connectivity index (χ1v) is 15.6. The molecule has 3 aromatic rings. The summed E-state index contributed by atoms with van der Waals surface area (Å²) in [6, 6.07) is 13.3. The van der Waals surface area contributed by atoms with Crippen LogP contribution in [-0.2, 0) is 23.0 Å². The number of amides is 1. The number of carbonyl (C=O) groups excluding carboxylic acids is 1. The highest BCUT2D eigenvalue weighted by Crippen LogP contribution is 2.29. The van der Waals surface area contributed by atoms with Crippen LogP contribution in [0.4, 0.5) is 0 Å². The van der Waals surface area contributed by atoms with Gasteiger partial charge in [0.05, 0.1) is 11.9 Å². The summed E-state index contributed by atoms with van der Waals surface area (Å²) in [5.74, 6) is 1.56. The third-order valence-corrected chi connectivity index (χ3v) is 8.34. The van der Waals surface area contributed by atoms with Crippen LogP contribution in [-0.4, -0.2) is 56.1 Å². The monoisotopic (exact) mass is 551 g/mol. The fourth-order valence-corrected chi connectivity index (χ4v) is 6.16. The maximum atomic E-state index is 12.9. The number of aryl methyl sites for hydroxylation is 1. The van der Waals surface area contributed by atoms with E-state index in [9.17, 15) is 13.2 Å². The van der Waals surface area contributed by atoms with Gasteiger partial charge in [0.15, 0.2) is 0 Å². The molecular formula is C30H37N3O5S. The topological polar surface area (TPSA) is 102 Å². The van der Waals surface area contributed by atoms with Gasteiger partial charge in [0.25, 0.3) is 5.91 Å². The summed E-state index contributed by atoms with van der Waals surface area (Å²) in [6.45, 7) is 4.92. The quantitative estimate of drug-likeness (QED) is 0.403. The van der Waals surface area contributed by atoms with E-state index in [-0.39, 0.29) is 11.9 Å². The zero-order valence-electron chi connectivity index (χ0n) is 22.7. The van der Waals surface area contributed by atoms with Gasteiger partial charge in [0.1, 0.15) is 12.0 Å². The van der Waals surface area contributed by atoms with Crippen molar-refractivity contribution in [2.24, 2.45) is 5.92 Å². The van der Waals surface area contributed by atoms with Crippen LogP contribution in [0.5, 0.6) is 5.75 Å². The van der Waals surface area contributed by atoms with Crippen molar-refractivity contribution in [3.05, 3.63) is 71.1 Å². The standard InChI is InChI=1S/C30H37N3O5S/c1-21-20-37-30(31-21)26-5-3-4-25(18-26)29(34)32-27-9-6-22(7-10-27)12-15-33-16-13-23-8-11-28(38-39(2,35)36)19-24(23)14-17-33/h3-5,8,11,18-20,22,27H,6-7,9-10,12-17H2,1-2H3,(H,32,34). The SMILES string of the molecule is Cc1coc(-c2cccc(C(=O)NC3CCC(CCN4CCc5ccc(OS(C)(=O)=O)cc5CC4)CC3)c2)n1. The molecule has 1 fully saturated rings. The number of aromatic nitrogens is 1. The molecule has 5 rings (SSSR count). The molecule has 1 aliphatic heterocycles. The Hall–Kier alpha value is -3.17. The zero-order valence-corrected chi connectivity index (χ0v) is 23.5. The Kier molecular flexibility index (Phi) is 8.37. The molecule has 0 spiro atoms. The van der Waals surface area contributed by atoms with Crippen molar-refractivity contribution < 1.29 is 21.8 Å². The lowest BCUT2D eigenvalue weighted by Crippen LogP contribution is -2.38. The second-order valence-corrected chi connectivity index (χ2v) is 12.5. The lowest BCUT2D eigenvalue weighted by molar-refractivity contribution is 0.0920. The molecule has 0 unspecified atom stereocenters. The number of hydrogen-bond acceptors (Lipinski definition) is 7. The number of rotatable bonds is 8. The van der Waals surface area contributed by atoms with E-state index in [1.54, 1.807) is 12.3 Å². The molecule has 1 aliphatic carbocycles. The van der Waals surface area contributed by atoms with Gasteiger partial charge in [-0.05, 0) is 106 Å². The molecule has 1 aromatic heterocycles. The highest BCUT2D eigenvalue weighted by Gasteiger charge is 2.24. The van der Waals surface area contributed by atoms with Gasteiger partial charge in [-0.15, -0.1) is 0 Å². The molecule has 9 heteroatoms. The lowest BCUT2D eigenvalue weighted by atomic mass is 9.84. The minimum Gasteiger partial charge on any atom is -0.444 e. The number of benzene rings is 2. The van der Waals surface area contributed by atoms with Crippen LogP contribution in [0.2, 0.25) is 0 Å². The number of nitrogens with zero attached hydrogens (tertiary/aromatic N) is 2. The van der Waals surface area contributed by atoms with Gasteiger partial charge in [-0.25, -0.2) is 4.98 Å². The number of oxazole rings is 1. The second kappa shape index (κ2) is 11.9. The average molecular weight is 552 g/mol. The largest absolute Gasteiger partial charge is 0.444 e. The normalized spacial score (nSPS) is 20.2. The van der Waals surface area contributed by atoms with Crippen LogP contribution in [0, 0.1) is 12.8 Å². The second-order valence-electron chi connectivity index (χ2n) is 10.9. The first kappa shape index (κ1) is 27.4. The van der Waals surface area contributed by atoms with Crippen molar-refractivity contribution in [1.29, 1.82) is 0 Å². The molecule has 2 heterocycles. The zero-order chi connectivity index (χ0) is 27.4. The molecule has 0 atom stereocenters. The molecular weight excluding hydrogens is 514 g/mol. The Morgan fingerprint density at radius 1 is 1.08 bits per heavy atom. The van der Waals surface area contributed by atoms with Gasteiger partial charge < -0.3 is 18.8 Å². The Morgan fingerprint density at radius 3 is 2.56 bits per heavy atom. The first-order chi connectivity index (χ1) is 18.7. The maximum absolute atomic E-state index is 12.9. The molecule has 0 bridgehead atoms. The summed E-state index contributed by atoms with van der Waals surface area (Å²) in [4.78, 5) is 19.8. The Morgan fingerprint density at radius 2 is 1.85 bits per heavy atom. The van der Waals surface area contributed by atoms with Crippen molar-refractivity contribution in [3.8, 4) is 17.2 Å². The molecule has 1 amide bonds. The van der Waals surface area contributed by atoms with E-state index in [1.807, 2.05) is 43.3 Å². The Bertz CT molecular complexity index is 1410. The minimum atomic E-state index is -3.52. The molecule has 2 aliphatic rings. The average Bonchev–Trinajstić information content (AvgIpc) is 3.24. The van der Waals surface area contributed by atoms with Crippen molar-refractivity contribution >= 4 is 16.0 Å². The predicted molar refractivity (Wildman–Crippen MR) is 150 cm³/mol. The number of nitrogens with one attached hydrogen (secondary N) is 1. The van der Waals surface area contributed by atoms with Gasteiger partial charge in [-0.3, -0.25) is 4.79 Å². The fourth-order valence-electron chi connectivity index (χ4n) is 5.71. The van der Waals surface area contributed by atoms with Crippen LogP contribution in [0.3, 0.4) is 0 Å². The van der Waals surface area contributed by atoms with Crippen molar-refractivity contribution in [2.75, 3.05) is 25.9 Å². The smallest absolute Gasteiger partial charge is 0.306 e. The predicted octanol–water partition coefficient (Wildman–Crippen LogP) is 4.77. The molecule has 2 aromatic carbocycles. The highest BCUT2D eigenvalue weighted by molar-refractivity contribution is 7.86. The third kappa shape index (κ3) is 7.48. The summed E-state index contributed by atoms with van der Waals surface area (Å²) in [6.07, 6.45) is 9.96. The van der Waals surface area contributed by atoms with Gasteiger partial charge in [-0.1, -0.05) is 12.1 Å². The minimum absolute atomic E-state index is 0.0437. The maximum Gasteiger partial charge on any atom is 0.306 e. The van der Waals surface area contributed by atoms with Crippen LogP contribution >= 0.6 is 0 Å². The van der Waals surface area contributed by atoms with E-state index < -0.39 is 10.1 Å². The van der Waals surface area contributed by atoms with E-state index in [1.165, 1.54) is 11.1 Å². The molecule has 1 saturated carbocycles. The van der Waals surface area contributed by atoms with Gasteiger partial charge in [0, 0.05) is 30.3 Å². The Balaban J connectivity index is 1.06. The van der Waals surface area contributed by atoms with E-state index in [0.29, 0.717) is 23.1 Å². The van der Waals surface area contributed by atoms with E-state index in [4.69, 9.17) is 8.60 Å². The molecule has 8 nitrogen and oxygen atoms in total. The molecule has 1 N–H and O–H groups in total. The van der Waals surface area contributed by atoms with Gasteiger partial charge in [-0.2, -0.15) is 8.42 Å². The van der Waals surface area contributed by atoms with Crippen molar-refractivity contribution in [3.63, 3.8) is 0 Å². The third-order valence-electron chi connectivity index (χ3n) is 7.85. The van der Waals surface area contributed by atoms with Crippen LogP contribution in [0.15, 0.2) is 53.1 Å². The number of hydrogen-bond donors (Lipinski definition) is 1. The summed E-state index contributed by atoms with van der Waals surface area (Å²) in [7, 11) is -3.52. The van der Waals surface area contributed by atoms with Gasteiger partial charge >= 0.3 is 10.1 Å². The fraction of sp³-hybridized carbons (Fsp3) is 0.467. The van der Waals surface area contributed by atoms with E-state index in [2.05, 4.69) is 15.2 Å². The van der Waals surface area contributed by atoms with Gasteiger partial charge in [0.2, 0.25) is 5.89 Å². The summed E-state index contributed by atoms with van der Waals surface area (Å²) in [5, 5.41) is 3.23. The molecule has 39 heavy (non-hydrogen) atoms. The summed E-state index contributed by atoms with van der Waals surface area (Å²) < 4.78 is 33.5. The number of carbonyl (C=O) groups is 1. The Labute approximate surface area is 230 Å². The van der Waals surface area contributed by atoms with Crippen LogP contribution in [0.25, 0.3) is 11.5 Å². The number of fused-ring (bicyclic) bond motifs is 1. The lowest BCUT2D eigenvalue weighted by Gasteiger charge is -2.30. The first-order valence-electron chi connectivity index (χ1n) is 13.8. The van der Waals surface area contributed by atoms with Crippen LogP contribution < -0.4 is 9.50 Å². The summed E-state index contributed by atoms with van der Waals surface area (Å²) in [5.41, 5.74) is 4.70. The highest BCUT2D eigenvalue weighted by atomic mass is 32.2.